The zero-order valence-corrected chi connectivity index (χ0v) is 9.27. The van der Waals surface area contributed by atoms with Crippen molar-refractivity contribution < 1.29 is 18.8 Å². The fraction of sp³-hybridized carbons (Fsp3) is 0.200. The van der Waals surface area contributed by atoms with Crippen molar-refractivity contribution in [3.05, 3.63) is 28.1 Å². The predicted molar refractivity (Wildman–Crippen MR) is 58.5 cm³/mol. The Morgan fingerprint density at radius 3 is 2.83 bits per heavy atom. The summed E-state index contributed by atoms with van der Waals surface area (Å²) in [6.07, 6.45) is -0.481. The standard InChI is InChI=1S/C10H8FN3O4/c1-18-9-5-8(14(16)17)7(4-6(9)11)13-10(15)2-3-12/h4-5H,2H2,1H3,(H,13,15). The van der Waals surface area contributed by atoms with Crippen LogP contribution in [0, 0.1) is 27.3 Å². The lowest BCUT2D eigenvalue weighted by atomic mass is 10.2. The molecular formula is C10H8FN3O4. The smallest absolute Gasteiger partial charge is 0.296 e. The molecule has 0 bridgehead atoms. The Kier molecular flexibility index (Phi) is 4.15. The normalized spacial score (nSPS) is 9.39. The van der Waals surface area contributed by atoms with Crippen LogP contribution in [0.5, 0.6) is 5.75 Å². The molecule has 1 aromatic carbocycles. The van der Waals surface area contributed by atoms with Gasteiger partial charge in [-0.15, -0.1) is 0 Å². The molecule has 0 heterocycles. The van der Waals surface area contributed by atoms with Gasteiger partial charge in [0.1, 0.15) is 12.1 Å². The first-order valence-electron chi connectivity index (χ1n) is 4.68. The minimum Gasteiger partial charge on any atom is -0.493 e. The van der Waals surface area contributed by atoms with Crippen molar-refractivity contribution >= 4 is 17.3 Å². The number of nitrogens with one attached hydrogen (secondary N) is 1. The van der Waals surface area contributed by atoms with Crippen LogP contribution in [0.2, 0.25) is 0 Å². The third-order valence-electron chi connectivity index (χ3n) is 1.98. The van der Waals surface area contributed by atoms with Crippen LogP contribution in [-0.4, -0.2) is 17.9 Å². The van der Waals surface area contributed by atoms with E-state index in [2.05, 4.69) is 10.1 Å². The highest BCUT2D eigenvalue weighted by atomic mass is 19.1. The molecule has 0 aliphatic carbocycles. The fourth-order valence-corrected chi connectivity index (χ4v) is 1.22. The van der Waals surface area contributed by atoms with Gasteiger partial charge in [-0.3, -0.25) is 14.9 Å². The maximum absolute atomic E-state index is 13.4. The molecule has 1 N–H and O–H groups in total. The summed E-state index contributed by atoms with van der Waals surface area (Å²) in [5.41, 5.74) is -0.835. The summed E-state index contributed by atoms with van der Waals surface area (Å²) >= 11 is 0. The number of ether oxygens (including phenoxy) is 1. The van der Waals surface area contributed by atoms with Crippen LogP contribution in [0.25, 0.3) is 0 Å². The fourth-order valence-electron chi connectivity index (χ4n) is 1.22. The topological polar surface area (TPSA) is 105 Å². The van der Waals surface area contributed by atoms with Crippen LogP contribution in [-0.2, 0) is 4.79 Å². The van der Waals surface area contributed by atoms with E-state index in [1.54, 1.807) is 6.07 Å². The Balaban J connectivity index is 3.18. The zero-order valence-electron chi connectivity index (χ0n) is 9.27. The van der Waals surface area contributed by atoms with Gasteiger partial charge in [-0.2, -0.15) is 5.26 Å². The number of carbonyl (C=O) groups is 1. The maximum Gasteiger partial charge on any atom is 0.296 e. The summed E-state index contributed by atoms with van der Waals surface area (Å²) < 4.78 is 18.0. The first kappa shape index (κ1) is 13.4. The van der Waals surface area contributed by atoms with E-state index in [1.165, 1.54) is 0 Å². The van der Waals surface area contributed by atoms with E-state index in [0.717, 1.165) is 19.2 Å². The average molecular weight is 253 g/mol. The number of amides is 1. The van der Waals surface area contributed by atoms with Gasteiger partial charge < -0.3 is 10.1 Å². The summed E-state index contributed by atoms with van der Waals surface area (Å²) in [5.74, 6) is -1.92. The van der Waals surface area contributed by atoms with Crippen molar-refractivity contribution in [2.45, 2.75) is 6.42 Å². The molecule has 1 aromatic rings. The molecule has 0 atom stereocenters. The number of nitrogens with zero attached hydrogens (tertiary/aromatic N) is 2. The highest BCUT2D eigenvalue weighted by Crippen LogP contribution is 2.31. The van der Waals surface area contributed by atoms with E-state index in [9.17, 15) is 19.3 Å². The number of hydrogen-bond donors (Lipinski definition) is 1. The molecule has 18 heavy (non-hydrogen) atoms. The number of benzene rings is 1. The number of anilines is 1. The van der Waals surface area contributed by atoms with Crippen molar-refractivity contribution in [3.8, 4) is 11.8 Å². The van der Waals surface area contributed by atoms with Gasteiger partial charge in [-0.25, -0.2) is 4.39 Å². The van der Waals surface area contributed by atoms with E-state index in [0.29, 0.717) is 0 Å². The van der Waals surface area contributed by atoms with Crippen LogP contribution < -0.4 is 10.1 Å². The molecule has 0 aliphatic rings. The monoisotopic (exact) mass is 253 g/mol. The maximum atomic E-state index is 13.4. The highest BCUT2D eigenvalue weighted by Gasteiger charge is 2.20. The molecular weight excluding hydrogens is 245 g/mol. The molecule has 7 nitrogen and oxygen atoms in total. The summed E-state index contributed by atoms with van der Waals surface area (Å²) in [4.78, 5) is 21.1. The number of rotatable bonds is 4. The zero-order chi connectivity index (χ0) is 13.7. The van der Waals surface area contributed by atoms with Gasteiger partial charge in [0, 0.05) is 6.07 Å². The molecule has 0 saturated carbocycles. The molecule has 0 unspecified atom stereocenters. The molecule has 0 aromatic heterocycles. The van der Waals surface area contributed by atoms with Gasteiger partial charge >= 0.3 is 0 Å². The number of nitriles is 1. The van der Waals surface area contributed by atoms with E-state index < -0.39 is 28.8 Å². The molecule has 1 rings (SSSR count). The molecule has 1 amide bonds. The first-order valence-corrected chi connectivity index (χ1v) is 4.68. The summed E-state index contributed by atoms with van der Waals surface area (Å²) in [5, 5.41) is 21.1. The Labute approximate surface area is 101 Å². The second-order valence-electron chi connectivity index (χ2n) is 3.14. The van der Waals surface area contributed by atoms with Gasteiger partial charge in [0.05, 0.1) is 24.2 Å². The molecule has 94 valence electrons. The average Bonchev–Trinajstić information content (AvgIpc) is 2.29. The van der Waals surface area contributed by atoms with Gasteiger partial charge in [-0.1, -0.05) is 0 Å². The molecule has 8 heteroatoms. The summed E-state index contributed by atoms with van der Waals surface area (Å²) in [6, 6.07) is 3.20. The molecule has 0 spiro atoms. The lowest BCUT2D eigenvalue weighted by molar-refractivity contribution is -0.384. The first-order chi connectivity index (χ1) is 8.49. The summed E-state index contributed by atoms with van der Waals surface area (Å²) in [7, 11) is 1.16. The van der Waals surface area contributed by atoms with Crippen molar-refractivity contribution in [1.29, 1.82) is 5.26 Å². The number of methoxy groups -OCH3 is 1. The lowest BCUT2D eigenvalue weighted by Crippen LogP contribution is -2.12. The van der Waals surface area contributed by atoms with Crippen molar-refractivity contribution in [2.75, 3.05) is 12.4 Å². The van der Waals surface area contributed by atoms with Gasteiger partial charge in [-0.05, 0) is 0 Å². The van der Waals surface area contributed by atoms with Crippen LogP contribution in [0.4, 0.5) is 15.8 Å². The van der Waals surface area contributed by atoms with Gasteiger partial charge in [0.25, 0.3) is 5.69 Å². The van der Waals surface area contributed by atoms with E-state index >= 15 is 0 Å². The van der Waals surface area contributed by atoms with Crippen LogP contribution in [0.1, 0.15) is 6.42 Å². The van der Waals surface area contributed by atoms with Crippen molar-refractivity contribution in [3.63, 3.8) is 0 Å². The Bertz CT molecular complexity index is 539. The number of hydrogen-bond acceptors (Lipinski definition) is 5. The largest absolute Gasteiger partial charge is 0.493 e. The minimum absolute atomic E-state index is 0.306. The quantitative estimate of drug-likeness (QED) is 0.647. The van der Waals surface area contributed by atoms with Crippen molar-refractivity contribution in [2.24, 2.45) is 0 Å². The Hall–Kier alpha value is -2.69. The lowest BCUT2D eigenvalue weighted by Gasteiger charge is -2.07. The van der Waals surface area contributed by atoms with Crippen LogP contribution in [0.3, 0.4) is 0 Å². The Morgan fingerprint density at radius 2 is 2.33 bits per heavy atom. The van der Waals surface area contributed by atoms with Crippen molar-refractivity contribution in [1.82, 2.24) is 0 Å². The number of carbonyl (C=O) groups excluding carboxylic acids is 1. The van der Waals surface area contributed by atoms with Crippen LogP contribution in [0.15, 0.2) is 12.1 Å². The summed E-state index contributed by atoms with van der Waals surface area (Å²) in [6.45, 7) is 0. The number of nitro groups is 1. The SMILES string of the molecule is COc1cc([N+](=O)[O-])c(NC(=O)CC#N)cc1F. The second kappa shape index (κ2) is 5.58. The number of nitro benzene ring substituents is 1. The minimum atomic E-state index is -0.852. The van der Waals surface area contributed by atoms with E-state index in [4.69, 9.17) is 5.26 Å². The molecule has 0 fully saturated rings. The predicted octanol–water partition coefficient (Wildman–Crippen LogP) is 1.59. The van der Waals surface area contributed by atoms with Gasteiger partial charge in [0.2, 0.25) is 5.91 Å². The number of halogens is 1. The van der Waals surface area contributed by atoms with Gasteiger partial charge in [0.15, 0.2) is 11.6 Å². The highest BCUT2D eigenvalue weighted by molar-refractivity contribution is 5.94. The molecule has 0 saturated heterocycles. The molecule has 0 aliphatic heterocycles. The third-order valence-corrected chi connectivity index (χ3v) is 1.98. The van der Waals surface area contributed by atoms with Crippen LogP contribution >= 0.6 is 0 Å². The molecule has 0 radical (unpaired) electrons. The van der Waals surface area contributed by atoms with E-state index in [-0.39, 0.29) is 11.4 Å². The Morgan fingerprint density at radius 1 is 1.67 bits per heavy atom. The second-order valence-corrected chi connectivity index (χ2v) is 3.14. The third kappa shape index (κ3) is 2.91. The van der Waals surface area contributed by atoms with E-state index in [1.807, 2.05) is 0 Å².